The normalized spacial score (nSPS) is 10.4. The molecule has 0 saturated carbocycles. The van der Waals surface area contributed by atoms with E-state index in [1.54, 1.807) is 6.07 Å². The van der Waals surface area contributed by atoms with Crippen molar-refractivity contribution in [1.29, 1.82) is 0 Å². The van der Waals surface area contributed by atoms with E-state index in [4.69, 9.17) is 11.6 Å². The number of hydrogen-bond acceptors (Lipinski definition) is 4. The van der Waals surface area contributed by atoms with Gasteiger partial charge in [-0.25, -0.2) is 4.98 Å². The predicted octanol–water partition coefficient (Wildman–Crippen LogP) is 2.59. The zero-order valence-corrected chi connectivity index (χ0v) is 10.0. The van der Waals surface area contributed by atoms with Crippen molar-refractivity contribution < 1.29 is 4.92 Å². The summed E-state index contributed by atoms with van der Waals surface area (Å²) in [6.07, 6.45) is 2.90. The van der Waals surface area contributed by atoms with E-state index in [-0.39, 0.29) is 5.82 Å². The lowest BCUT2D eigenvalue weighted by Gasteiger charge is -1.99. The van der Waals surface area contributed by atoms with Crippen molar-refractivity contribution in [2.24, 2.45) is 0 Å². The maximum absolute atomic E-state index is 10.5. The van der Waals surface area contributed by atoms with Crippen molar-refractivity contribution in [1.82, 2.24) is 14.8 Å². The third kappa shape index (κ3) is 2.05. The third-order valence-electron chi connectivity index (χ3n) is 1.77. The molecule has 2 rings (SSSR count). The van der Waals surface area contributed by atoms with Crippen LogP contribution in [-0.2, 0) is 0 Å². The number of hydrogen-bond donors (Lipinski definition) is 0. The van der Waals surface area contributed by atoms with Crippen molar-refractivity contribution in [3.8, 4) is 5.82 Å². The quantitative estimate of drug-likeness (QED) is 0.631. The molecule has 0 radical (unpaired) electrons. The molecule has 2 aromatic rings. The Hall–Kier alpha value is -1.47. The SMILES string of the molecule is O=[N+]([O-])c1ccn(-c2ncc(Cl)cc2Br)n1. The second kappa shape index (κ2) is 4.18. The van der Waals surface area contributed by atoms with E-state index in [0.717, 1.165) is 0 Å². The molecule has 6 nitrogen and oxygen atoms in total. The van der Waals surface area contributed by atoms with Crippen molar-refractivity contribution in [3.63, 3.8) is 0 Å². The average Bonchev–Trinajstić information content (AvgIpc) is 2.66. The molecule has 0 aliphatic carbocycles. The molecule has 0 fully saturated rings. The number of pyridine rings is 1. The smallest absolute Gasteiger partial charge is 0.358 e. The van der Waals surface area contributed by atoms with Gasteiger partial charge in [0.15, 0.2) is 5.82 Å². The molecule has 0 saturated heterocycles. The number of nitrogens with zero attached hydrogens (tertiary/aromatic N) is 4. The fraction of sp³-hybridized carbons (Fsp3) is 0. The Bertz CT molecular complexity index is 557. The first kappa shape index (κ1) is 11.0. The average molecular weight is 304 g/mol. The Kier molecular flexibility index (Phi) is 2.88. The van der Waals surface area contributed by atoms with E-state index >= 15 is 0 Å². The van der Waals surface area contributed by atoms with Gasteiger partial charge >= 0.3 is 5.82 Å². The Labute approximate surface area is 103 Å². The summed E-state index contributed by atoms with van der Waals surface area (Å²) in [5, 5.41) is 14.7. The molecule has 0 aliphatic heterocycles. The predicted molar refractivity (Wildman–Crippen MR) is 60.7 cm³/mol. The van der Waals surface area contributed by atoms with Crippen molar-refractivity contribution >= 4 is 33.3 Å². The van der Waals surface area contributed by atoms with Crippen LogP contribution < -0.4 is 0 Å². The topological polar surface area (TPSA) is 73.8 Å². The molecule has 0 aromatic carbocycles. The molecule has 2 heterocycles. The lowest BCUT2D eigenvalue weighted by molar-refractivity contribution is -0.389. The first-order valence-electron chi connectivity index (χ1n) is 4.09. The van der Waals surface area contributed by atoms with E-state index in [1.165, 1.54) is 23.1 Å². The Morgan fingerprint density at radius 2 is 2.31 bits per heavy atom. The Morgan fingerprint density at radius 3 is 2.88 bits per heavy atom. The molecule has 8 heteroatoms. The van der Waals surface area contributed by atoms with Crippen molar-refractivity contribution in [2.45, 2.75) is 0 Å². The Morgan fingerprint density at radius 1 is 1.56 bits per heavy atom. The zero-order valence-electron chi connectivity index (χ0n) is 7.67. The van der Waals surface area contributed by atoms with Gasteiger partial charge in [-0.3, -0.25) is 0 Å². The van der Waals surface area contributed by atoms with Crippen LogP contribution in [0, 0.1) is 10.1 Å². The van der Waals surface area contributed by atoms with Gasteiger partial charge in [0.05, 0.1) is 26.9 Å². The van der Waals surface area contributed by atoms with Crippen LogP contribution in [0.3, 0.4) is 0 Å². The highest BCUT2D eigenvalue weighted by atomic mass is 79.9. The van der Waals surface area contributed by atoms with E-state index in [9.17, 15) is 10.1 Å². The molecule has 0 atom stereocenters. The first-order chi connectivity index (χ1) is 7.58. The molecule has 0 aliphatic rings. The van der Waals surface area contributed by atoms with Crippen LogP contribution in [0.2, 0.25) is 5.02 Å². The van der Waals surface area contributed by atoms with Crippen molar-refractivity contribution in [3.05, 3.63) is 44.1 Å². The van der Waals surface area contributed by atoms with Gasteiger partial charge in [-0.2, -0.15) is 0 Å². The van der Waals surface area contributed by atoms with Gasteiger partial charge in [0.2, 0.25) is 0 Å². The minimum atomic E-state index is -0.569. The van der Waals surface area contributed by atoms with E-state index in [2.05, 4.69) is 26.0 Å². The molecule has 0 N–H and O–H groups in total. The first-order valence-corrected chi connectivity index (χ1v) is 5.26. The lowest BCUT2D eigenvalue weighted by atomic mass is 10.4. The summed E-state index contributed by atoms with van der Waals surface area (Å²) >= 11 is 8.98. The summed E-state index contributed by atoms with van der Waals surface area (Å²) < 4.78 is 1.91. The summed E-state index contributed by atoms with van der Waals surface area (Å²) in [4.78, 5) is 13.9. The zero-order chi connectivity index (χ0) is 11.7. The van der Waals surface area contributed by atoms with Crippen LogP contribution in [0.15, 0.2) is 29.0 Å². The van der Waals surface area contributed by atoms with Gasteiger partial charge in [-0.15, -0.1) is 4.68 Å². The molecule has 0 unspecified atom stereocenters. The largest absolute Gasteiger partial charge is 0.390 e. The number of nitro groups is 1. The second-order valence-electron chi connectivity index (χ2n) is 2.83. The standard InChI is InChI=1S/C8H4BrClN4O2/c9-6-3-5(10)4-11-8(6)13-2-1-7(12-13)14(15)16/h1-4H. The molecule has 0 amide bonds. The second-order valence-corrected chi connectivity index (χ2v) is 4.13. The maximum atomic E-state index is 10.5. The van der Waals surface area contributed by atoms with Gasteiger partial charge < -0.3 is 10.1 Å². The number of halogens is 2. The summed E-state index contributed by atoms with van der Waals surface area (Å²) in [5.74, 6) is 0.209. The molecule has 82 valence electrons. The van der Waals surface area contributed by atoms with Gasteiger partial charge in [-0.1, -0.05) is 11.6 Å². The van der Waals surface area contributed by atoms with E-state index in [0.29, 0.717) is 15.3 Å². The summed E-state index contributed by atoms with van der Waals surface area (Å²) in [5.41, 5.74) is 0. The highest BCUT2D eigenvalue weighted by Crippen LogP contribution is 2.22. The minimum absolute atomic E-state index is 0.233. The molecule has 2 aromatic heterocycles. The van der Waals surface area contributed by atoms with E-state index in [1.807, 2.05) is 0 Å². The summed E-state index contributed by atoms with van der Waals surface area (Å²) in [6, 6.07) is 2.93. The molecular weight excluding hydrogens is 299 g/mol. The van der Waals surface area contributed by atoms with Crippen LogP contribution >= 0.6 is 27.5 Å². The van der Waals surface area contributed by atoms with Gasteiger partial charge in [0.1, 0.15) is 0 Å². The van der Waals surface area contributed by atoms with Crippen LogP contribution in [-0.4, -0.2) is 19.7 Å². The van der Waals surface area contributed by atoms with Crippen LogP contribution in [0.5, 0.6) is 0 Å². The molecule has 0 bridgehead atoms. The lowest BCUT2D eigenvalue weighted by Crippen LogP contribution is -2.00. The van der Waals surface area contributed by atoms with Gasteiger partial charge in [0.25, 0.3) is 0 Å². The molecule has 0 spiro atoms. The fourth-order valence-electron chi connectivity index (χ4n) is 1.11. The number of aromatic nitrogens is 3. The van der Waals surface area contributed by atoms with Crippen LogP contribution in [0.25, 0.3) is 5.82 Å². The van der Waals surface area contributed by atoms with Gasteiger partial charge in [0, 0.05) is 6.20 Å². The summed E-state index contributed by atoms with van der Waals surface area (Å²) in [7, 11) is 0. The van der Waals surface area contributed by atoms with Crippen molar-refractivity contribution in [2.75, 3.05) is 0 Å². The maximum Gasteiger partial charge on any atom is 0.390 e. The summed E-state index contributed by atoms with van der Waals surface area (Å²) in [6.45, 7) is 0. The van der Waals surface area contributed by atoms with Gasteiger partial charge in [-0.05, 0) is 26.9 Å². The fourth-order valence-corrected chi connectivity index (χ4v) is 1.93. The highest BCUT2D eigenvalue weighted by molar-refractivity contribution is 9.10. The minimum Gasteiger partial charge on any atom is -0.358 e. The van der Waals surface area contributed by atoms with Crippen LogP contribution in [0.4, 0.5) is 5.82 Å². The molecular formula is C8H4BrClN4O2. The Balaban J connectivity index is 2.46. The number of rotatable bonds is 2. The monoisotopic (exact) mass is 302 g/mol. The highest BCUT2D eigenvalue weighted by Gasteiger charge is 2.15. The van der Waals surface area contributed by atoms with Crippen LogP contribution in [0.1, 0.15) is 0 Å². The molecule has 16 heavy (non-hydrogen) atoms. The third-order valence-corrected chi connectivity index (χ3v) is 2.56. The van der Waals surface area contributed by atoms with E-state index < -0.39 is 4.92 Å².